The fourth-order valence-electron chi connectivity index (χ4n) is 1.90. The highest BCUT2D eigenvalue weighted by Gasteiger charge is 2.10. The quantitative estimate of drug-likeness (QED) is 0.764. The molecule has 0 spiro atoms. The van der Waals surface area contributed by atoms with E-state index in [0.29, 0.717) is 18.0 Å². The maximum atomic E-state index is 11.8. The minimum absolute atomic E-state index is 0.194. The average molecular weight is 319 g/mol. The molecule has 1 heterocycles. The summed E-state index contributed by atoms with van der Waals surface area (Å²) in [7, 11) is 0. The van der Waals surface area contributed by atoms with E-state index in [2.05, 4.69) is 15.0 Å². The van der Waals surface area contributed by atoms with Crippen molar-refractivity contribution in [1.82, 2.24) is 9.69 Å². The van der Waals surface area contributed by atoms with Gasteiger partial charge in [0.05, 0.1) is 11.8 Å². The third-order valence-electron chi connectivity index (χ3n) is 3.31. The maximum absolute atomic E-state index is 11.8. The van der Waals surface area contributed by atoms with Crippen molar-refractivity contribution >= 4 is 22.6 Å². The van der Waals surface area contributed by atoms with Crippen LogP contribution in [0.2, 0.25) is 0 Å². The molecule has 3 N–H and O–H groups in total. The van der Waals surface area contributed by atoms with E-state index in [1.807, 2.05) is 50.2 Å². The van der Waals surface area contributed by atoms with Gasteiger partial charge in [-0.3, -0.25) is 5.32 Å². The van der Waals surface area contributed by atoms with Gasteiger partial charge in [-0.05, 0) is 23.9 Å². The molecule has 118 valence electrons. The Kier molecular flexibility index (Phi) is 5.91. The molecular weight excluding hydrogens is 298 g/mol. The zero-order valence-electron chi connectivity index (χ0n) is 12.7. The molecule has 1 aromatic carbocycles. The smallest absolute Gasteiger partial charge is 0.319 e. The first-order chi connectivity index (χ1) is 10.6. The van der Waals surface area contributed by atoms with Crippen molar-refractivity contribution in [2.75, 3.05) is 11.9 Å². The summed E-state index contributed by atoms with van der Waals surface area (Å²) in [5.74, 6) is 0.194. The molecule has 0 aliphatic rings. The van der Waals surface area contributed by atoms with Gasteiger partial charge in [0.15, 0.2) is 0 Å². The first-order valence-corrected chi connectivity index (χ1v) is 8.08. The Bertz CT molecular complexity index is 598. The predicted molar refractivity (Wildman–Crippen MR) is 90.0 cm³/mol. The molecule has 0 saturated carbocycles. The van der Waals surface area contributed by atoms with Gasteiger partial charge in [0, 0.05) is 18.2 Å². The lowest BCUT2D eigenvalue weighted by molar-refractivity contribution is 0.117. The number of benzene rings is 1. The zero-order chi connectivity index (χ0) is 15.9. The number of urea groups is 1. The summed E-state index contributed by atoms with van der Waals surface area (Å²) in [5.41, 5.74) is 1.86. The number of amides is 2. The molecular formula is C16H21N3O2S. The second-order valence-corrected chi connectivity index (χ2v) is 6.23. The first kappa shape index (κ1) is 16.5. The molecule has 1 aromatic heterocycles. The Hall–Kier alpha value is -1.92. The summed E-state index contributed by atoms with van der Waals surface area (Å²) in [6.07, 6.45) is 0.150. The van der Waals surface area contributed by atoms with Crippen molar-refractivity contribution in [2.24, 2.45) is 5.92 Å². The lowest BCUT2D eigenvalue weighted by Crippen LogP contribution is -2.32. The van der Waals surface area contributed by atoms with E-state index < -0.39 is 6.10 Å². The maximum Gasteiger partial charge on any atom is 0.319 e. The zero-order valence-corrected chi connectivity index (χ0v) is 13.6. The number of nitrogens with zero attached hydrogens (tertiary/aromatic N) is 1. The summed E-state index contributed by atoms with van der Waals surface area (Å²) in [5, 5.41) is 15.9. The molecule has 0 aliphatic carbocycles. The SMILES string of the molecule is CC(C)C(O)CCNC(=O)Nc1cc(-c2ccccc2)ns1. The van der Waals surface area contributed by atoms with Gasteiger partial charge in [-0.25, -0.2) is 4.79 Å². The molecule has 2 amide bonds. The van der Waals surface area contributed by atoms with Gasteiger partial charge >= 0.3 is 6.03 Å². The van der Waals surface area contributed by atoms with E-state index >= 15 is 0 Å². The monoisotopic (exact) mass is 319 g/mol. The van der Waals surface area contributed by atoms with Crippen LogP contribution >= 0.6 is 11.5 Å². The Balaban J connectivity index is 1.82. The second-order valence-electron chi connectivity index (χ2n) is 5.42. The van der Waals surface area contributed by atoms with E-state index in [9.17, 15) is 9.90 Å². The fourth-order valence-corrected chi connectivity index (χ4v) is 2.56. The standard InChI is InChI=1S/C16H21N3O2S/c1-11(2)14(20)8-9-17-16(21)18-15-10-13(19-22-15)12-6-4-3-5-7-12/h3-7,10-11,14,20H,8-9H2,1-2H3,(H2,17,18,21). The molecule has 6 heteroatoms. The van der Waals surface area contributed by atoms with Crippen LogP contribution in [-0.2, 0) is 0 Å². The van der Waals surface area contributed by atoms with Gasteiger partial charge in [0.1, 0.15) is 5.00 Å². The van der Waals surface area contributed by atoms with Crippen LogP contribution in [0.1, 0.15) is 20.3 Å². The summed E-state index contributed by atoms with van der Waals surface area (Å²) in [4.78, 5) is 11.8. The Morgan fingerprint density at radius 3 is 2.73 bits per heavy atom. The average Bonchev–Trinajstić information content (AvgIpc) is 2.96. The van der Waals surface area contributed by atoms with Crippen molar-refractivity contribution in [3.63, 3.8) is 0 Å². The van der Waals surface area contributed by atoms with Crippen LogP contribution in [0.5, 0.6) is 0 Å². The van der Waals surface area contributed by atoms with Crippen molar-refractivity contribution in [3.05, 3.63) is 36.4 Å². The van der Waals surface area contributed by atoms with E-state index in [1.165, 1.54) is 11.5 Å². The van der Waals surface area contributed by atoms with Gasteiger partial charge in [-0.15, -0.1) is 0 Å². The topological polar surface area (TPSA) is 74.2 Å². The molecule has 22 heavy (non-hydrogen) atoms. The van der Waals surface area contributed by atoms with Gasteiger partial charge < -0.3 is 10.4 Å². The number of aliphatic hydroxyl groups is 1. The highest BCUT2D eigenvalue weighted by Crippen LogP contribution is 2.24. The van der Waals surface area contributed by atoms with Crippen LogP contribution < -0.4 is 10.6 Å². The molecule has 1 atom stereocenters. The van der Waals surface area contributed by atoms with E-state index in [4.69, 9.17) is 0 Å². The van der Waals surface area contributed by atoms with E-state index in [-0.39, 0.29) is 11.9 Å². The number of aliphatic hydroxyl groups excluding tert-OH is 1. The number of anilines is 1. The van der Waals surface area contributed by atoms with Gasteiger partial charge in [-0.2, -0.15) is 4.37 Å². The Labute approximate surface area is 134 Å². The van der Waals surface area contributed by atoms with Crippen LogP contribution in [0.25, 0.3) is 11.3 Å². The van der Waals surface area contributed by atoms with Gasteiger partial charge in [0.2, 0.25) is 0 Å². The van der Waals surface area contributed by atoms with Gasteiger partial charge in [-0.1, -0.05) is 44.2 Å². The molecule has 0 bridgehead atoms. The highest BCUT2D eigenvalue weighted by molar-refractivity contribution is 7.10. The van der Waals surface area contributed by atoms with Crippen molar-refractivity contribution in [2.45, 2.75) is 26.4 Å². The third-order valence-corrected chi connectivity index (χ3v) is 4.02. The van der Waals surface area contributed by atoms with Crippen LogP contribution in [0.3, 0.4) is 0 Å². The number of rotatable bonds is 6. The summed E-state index contributed by atoms with van der Waals surface area (Å²) in [6, 6.07) is 11.4. The van der Waals surface area contributed by atoms with Crippen LogP contribution in [0.15, 0.2) is 36.4 Å². The Morgan fingerprint density at radius 2 is 2.05 bits per heavy atom. The molecule has 0 fully saturated rings. The summed E-state index contributed by atoms with van der Waals surface area (Å²) in [6.45, 7) is 4.34. The van der Waals surface area contributed by atoms with Crippen molar-refractivity contribution in [1.29, 1.82) is 0 Å². The van der Waals surface area contributed by atoms with Crippen LogP contribution in [-0.4, -0.2) is 28.2 Å². The minimum atomic E-state index is -0.395. The predicted octanol–water partition coefficient (Wildman–Crippen LogP) is 3.34. The summed E-state index contributed by atoms with van der Waals surface area (Å²) >= 11 is 1.25. The number of hydrogen-bond donors (Lipinski definition) is 3. The lowest BCUT2D eigenvalue weighted by atomic mass is 10.0. The molecule has 0 aliphatic heterocycles. The van der Waals surface area contributed by atoms with E-state index in [1.54, 1.807) is 0 Å². The molecule has 2 aromatic rings. The van der Waals surface area contributed by atoms with Crippen molar-refractivity contribution in [3.8, 4) is 11.3 Å². The number of aromatic nitrogens is 1. The second kappa shape index (κ2) is 7.91. The lowest BCUT2D eigenvalue weighted by Gasteiger charge is -2.14. The number of hydrogen-bond acceptors (Lipinski definition) is 4. The number of carbonyl (C=O) groups excluding carboxylic acids is 1. The minimum Gasteiger partial charge on any atom is -0.393 e. The van der Waals surface area contributed by atoms with Crippen molar-refractivity contribution < 1.29 is 9.90 Å². The van der Waals surface area contributed by atoms with Gasteiger partial charge in [0.25, 0.3) is 0 Å². The first-order valence-electron chi connectivity index (χ1n) is 7.31. The normalized spacial score (nSPS) is 12.2. The highest BCUT2D eigenvalue weighted by atomic mass is 32.1. The van der Waals surface area contributed by atoms with Crippen LogP contribution in [0, 0.1) is 5.92 Å². The number of carbonyl (C=O) groups is 1. The molecule has 0 saturated heterocycles. The summed E-state index contributed by atoms with van der Waals surface area (Å²) < 4.78 is 4.33. The molecule has 0 radical (unpaired) electrons. The molecule has 2 rings (SSSR count). The third kappa shape index (κ3) is 4.82. The fraction of sp³-hybridized carbons (Fsp3) is 0.375. The molecule has 1 unspecified atom stereocenters. The molecule has 5 nitrogen and oxygen atoms in total. The van der Waals surface area contributed by atoms with E-state index in [0.717, 1.165) is 11.3 Å². The largest absolute Gasteiger partial charge is 0.393 e. The number of nitrogens with one attached hydrogen (secondary N) is 2. The van der Waals surface area contributed by atoms with Crippen LogP contribution in [0.4, 0.5) is 9.80 Å². The Morgan fingerprint density at radius 1 is 1.32 bits per heavy atom.